The van der Waals surface area contributed by atoms with Crippen LogP contribution in [0.2, 0.25) is 0 Å². The summed E-state index contributed by atoms with van der Waals surface area (Å²) in [5, 5.41) is 9.52. The fourth-order valence-electron chi connectivity index (χ4n) is 1.58. The zero-order valence-corrected chi connectivity index (χ0v) is 9.84. The van der Waals surface area contributed by atoms with Gasteiger partial charge in [-0.25, -0.2) is 0 Å². The van der Waals surface area contributed by atoms with Gasteiger partial charge in [0.25, 0.3) is 0 Å². The quantitative estimate of drug-likeness (QED) is 0.547. The summed E-state index contributed by atoms with van der Waals surface area (Å²) in [4.78, 5) is 0. The van der Waals surface area contributed by atoms with Crippen LogP contribution in [0.3, 0.4) is 0 Å². The molecule has 1 aliphatic carbocycles. The Balaban J connectivity index is 1.86. The maximum atomic E-state index is 8.60. The van der Waals surface area contributed by atoms with Crippen molar-refractivity contribution in [3.63, 3.8) is 0 Å². The van der Waals surface area contributed by atoms with Crippen molar-refractivity contribution in [2.24, 2.45) is 0 Å². The molecule has 0 aliphatic heterocycles. The van der Waals surface area contributed by atoms with Crippen LogP contribution in [0.5, 0.6) is 0 Å². The zero-order chi connectivity index (χ0) is 9.36. The Labute approximate surface area is 89.5 Å². The highest BCUT2D eigenvalue weighted by atomic mass is 33.1. The van der Waals surface area contributed by atoms with E-state index in [1.165, 1.54) is 44.3 Å². The van der Waals surface area contributed by atoms with Gasteiger partial charge in [-0.2, -0.15) is 0 Å². The van der Waals surface area contributed by atoms with E-state index in [9.17, 15) is 0 Å². The van der Waals surface area contributed by atoms with Gasteiger partial charge < -0.3 is 5.11 Å². The summed E-state index contributed by atoms with van der Waals surface area (Å²) >= 11 is 0. The lowest BCUT2D eigenvalue weighted by atomic mass is 10.0. The summed E-state index contributed by atoms with van der Waals surface area (Å²) in [7, 11) is 4.09. The Bertz CT molecular complexity index is 113. The van der Waals surface area contributed by atoms with Crippen molar-refractivity contribution in [2.75, 3.05) is 12.4 Å². The Morgan fingerprint density at radius 3 is 2.54 bits per heavy atom. The molecule has 0 heterocycles. The zero-order valence-electron chi connectivity index (χ0n) is 8.21. The van der Waals surface area contributed by atoms with E-state index in [0.29, 0.717) is 6.61 Å². The maximum absolute atomic E-state index is 8.60. The van der Waals surface area contributed by atoms with E-state index in [2.05, 4.69) is 10.8 Å². The number of hydrogen-bond acceptors (Lipinski definition) is 3. The van der Waals surface area contributed by atoms with Gasteiger partial charge in [-0.1, -0.05) is 40.9 Å². The molecule has 3 heteroatoms. The molecule has 0 aromatic rings. The molecule has 0 amide bonds. The second-order valence-electron chi connectivity index (χ2n) is 3.61. The van der Waals surface area contributed by atoms with Crippen LogP contribution in [0.15, 0.2) is 0 Å². The number of aliphatic hydroxyl groups excluding tert-OH is 1. The minimum Gasteiger partial charge on any atom is -0.396 e. The summed E-state index contributed by atoms with van der Waals surface area (Å²) < 4.78 is 0. The van der Waals surface area contributed by atoms with Gasteiger partial charge in [0.05, 0.1) is 0 Å². The van der Waals surface area contributed by atoms with Crippen LogP contribution in [-0.2, 0) is 0 Å². The fourth-order valence-corrected chi connectivity index (χ4v) is 4.51. The van der Waals surface area contributed by atoms with Gasteiger partial charge in [0, 0.05) is 17.6 Å². The monoisotopic (exact) mass is 220 g/mol. The van der Waals surface area contributed by atoms with Crippen LogP contribution in [-0.4, -0.2) is 22.7 Å². The topological polar surface area (TPSA) is 20.2 Å². The number of rotatable bonds is 6. The first-order valence-corrected chi connectivity index (χ1v) is 7.71. The lowest BCUT2D eigenvalue weighted by molar-refractivity contribution is 0.287. The standard InChI is InChI=1S/C10H20OS2/c11-8-4-5-9-12-13-10-6-2-1-3-7-10/h10-11H,1-9H2. The third kappa shape index (κ3) is 5.87. The van der Waals surface area contributed by atoms with Crippen molar-refractivity contribution in [2.45, 2.75) is 50.2 Å². The second kappa shape index (κ2) is 8.01. The summed E-state index contributed by atoms with van der Waals surface area (Å²) in [5.41, 5.74) is 0. The van der Waals surface area contributed by atoms with E-state index in [0.717, 1.165) is 11.7 Å². The van der Waals surface area contributed by atoms with Crippen molar-refractivity contribution in [1.82, 2.24) is 0 Å². The largest absolute Gasteiger partial charge is 0.396 e. The lowest BCUT2D eigenvalue weighted by Crippen LogP contribution is -2.06. The molecule has 1 fully saturated rings. The Kier molecular flexibility index (Phi) is 7.23. The average molecular weight is 220 g/mol. The molecule has 0 saturated heterocycles. The number of hydrogen-bond donors (Lipinski definition) is 1. The van der Waals surface area contributed by atoms with Gasteiger partial charge in [0.1, 0.15) is 0 Å². The van der Waals surface area contributed by atoms with Gasteiger partial charge >= 0.3 is 0 Å². The minimum absolute atomic E-state index is 0.356. The highest BCUT2D eigenvalue weighted by molar-refractivity contribution is 8.76. The smallest absolute Gasteiger partial charge is 0.0431 e. The Morgan fingerprint density at radius 2 is 1.85 bits per heavy atom. The molecule has 13 heavy (non-hydrogen) atoms. The Morgan fingerprint density at radius 1 is 1.08 bits per heavy atom. The van der Waals surface area contributed by atoms with Crippen LogP contribution >= 0.6 is 21.6 Å². The van der Waals surface area contributed by atoms with E-state index in [1.54, 1.807) is 0 Å². The van der Waals surface area contributed by atoms with E-state index in [-0.39, 0.29) is 0 Å². The van der Waals surface area contributed by atoms with E-state index < -0.39 is 0 Å². The maximum Gasteiger partial charge on any atom is 0.0431 e. The SMILES string of the molecule is OCCCCSSC1CCCCC1. The molecule has 0 radical (unpaired) electrons. The first-order valence-electron chi connectivity index (χ1n) is 5.32. The highest BCUT2D eigenvalue weighted by Gasteiger charge is 2.13. The van der Waals surface area contributed by atoms with Crippen LogP contribution in [0.25, 0.3) is 0 Å². The van der Waals surface area contributed by atoms with Gasteiger partial charge in [-0.05, 0) is 25.7 Å². The molecule has 1 rings (SSSR count). The minimum atomic E-state index is 0.356. The molecule has 78 valence electrons. The van der Waals surface area contributed by atoms with Crippen molar-refractivity contribution in [3.8, 4) is 0 Å². The molecule has 0 aromatic heterocycles. The van der Waals surface area contributed by atoms with Crippen molar-refractivity contribution >= 4 is 21.6 Å². The fraction of sp³-hybridized carbons (Fsp3) is 1.00. The lowest BCUT2D eigenvalue weighted by Gasteiger charge is -2.19. The predicted molar refractivity (Wildman–Crippen MR) is 63.2 cm³/mol. The second-order valence-corrected chi connectivity index (χ2v) is 6.40. The van der Waals surface area contributed by atoms with E-state index in [1.807, 2.05) is 10.8 Å². The third-order valence-electron chi connectivity index (χ3n) is 2.39. The summed E-state index contributed by atoms with van der Waals surface area (Å²) in [6.07, 6.45) is 9.32. The van der Waals surface area contributed by atoms with E-state index in [4.69, 9.17) is 5.11 Å². The molecule has 1 saturated carbocycles. The summed E-state index contributed by atoms with van der Waals surface area (Å²) in [6.45, 7) is 0.356. The molecular formula is C10H20OS2. The molecular weight excluding hydrogens is 200 g/mol. The molecule has 1 N–H and O–H groups in total. The molecule has 0 bridgehead atoms. The molecule has 0 atom stereocenters. The van der Waals surface area contributed by atoms with Crippen molar-refractivity contribution in [1.29, 1.82) is 0 Å². The summed E-state index contributed by atoms with van der Waals surface area (Å²) in [5.74, 6) is 1.21. The number of unbranched alkanes of at least 4 members (excludes halogenated alkanes) is 1. The van der Waals surface area contributed by atoms with Gasteiger partial charge in [0.2, 0.25) is 0 Å². The predicted octanol–water partition coefficient (Wildman–Crippen LogP) is 3.47. The van der Waals surface area contributed by atoms with Crippen LogP contribution in [0.1, 0.15) is 44.9 Å². The highest BCUT2D eigenvalue weighted by Crippen LogP contribution is 2.36. The van der Waals surface area contributed by atoms with E-state index >= 15 is 0 Å². The molecule has 0 unspecified atom stereocenters. The van der Waals surface area contributed by atoms with Crippen LogP contribution in [0.4, 0.5) is 0 Å². The third-order valence-corrected chi connectivity index (χ3v) is 5.45. The molecule has 1 aliphatic rings. The van der Waals surface area contributed by atoms with Gasteiger partial charge in [-0.3, -0.25) is 0 Å². The van der Waals surface area contributed by atoms with Crippen molar-refractivity contribution in [3.05, 3.63) is 0 Å². The first kappa shape index (κ1) is 11.7. The average Bonchev–Trinajstić information content (AvgIpc) is 2.19. The first-order chi connectivity index (χ1) is 6.43. The van der Waals surface area contributed by atoms with Crippen LogP contribution < -0.4 is 0 Å². The van der Waals surface area contributed by atoms with Crippen molar-refractivity contribution < 1.29 is 5.11 Å². The normalized spacial score (nSPS) is 19.2. The van der Waals surface area contributed by atoms with Gasteiger partial charge in [0.15, 0.2) is 0 Å². The molecule has 1 nitrogen and oxygen atoms in total. The molecule has 0 spiro atoms. The van der Waals surface area contributed by atoms with Gasteiger partial charge in [-0.15, -0.1) is 0 Å². The molecule has 0 aromatic carbocycles. The number of aliphatic hydroxyl groups is 1. The van der Waals surface area contributed by atoms with Crippen LogP contribution in [0, 0.1) is 0 Å². The summed E-state index contributed by atoms with van der Waals surface area (Å²) in [6, 6.07) is 0. The Hall–Kier alpha value is 0.660.